The lowest BCUT2D eigenvalue weighted by molar-refractivity contribution is 0.0432. The first-order valence-corrected chi connectivity index (χ1v) is 4.08. The molecule has 2 rings (SSSR count). The van der Waals surface area contributed by atoms with Crippen LogP contribution in [0.15, 0.2) is 11.0 Å². The zero-order chi connectivity index (χ0) is 8.06. The predicted molar refractivity (Wildman–Crippen MR) is 44.1 cm³/mol. The number of thiol groups is 1. The van der Waals surface area contributed by atoms with Crippen LogP contribution < -0.4 is 0 Å². The van der Waals surface area contributed by atoms with E-state index in [1.54, 1.807) is 0 Å². The predicted octanol–water partition coefficient (Wildman–Crippen LogP) is 1.50. The summed E-state index contributed by atoms with van der Waals surface area (Å²) in [6.45, 7) is 2.00. The van der Waals surface area contributed by atoms with Gasteiger partial charge in [0, 0.05) is 4.91 Å². The van der Waals surface area contributed by atoms with Gasteiger partial charge in [0.15, 0.2) is 0 Å². The second-order valence-electron chi connectivity index (χ2n) is 3.36. The van der Waals surface area contributed by atoms with Gasteiger partial charge in [0.2, 0.25) is 0 Å². The first kappa shape index (κ1) is 7.20. The molecule has 0 aromatic heterocycles. The van der Waals surface area contributed by atoms with E-state index in [-0.39, 0.29) is 17.6 Å². The second-order valence-corrected chi connectivity index (χ2v) is 3.88. The number of hydrogen-bond donors (Lipinski definition) is 1. The zero-order valence-electron chi connectivity index (χ0n) is 6.24. The Hall–Kier alpha value is -0.460. The van der Waals surface area contributed by atoms with Crippen molar-refractivity contribution in [3.8, 4) is 6.07 Å². The number of ether oxygens (including phenoxy) is 1. The Balaban J connectivity index is 2.34. The molecule has 2 aliphatic rings. The maximum atomic E-state index is 8.73. The molecule has 0 aromatic carbocycles. The third-order valence-corrected chi connectivity index (χ3v) is 2.68. The van der Waals surface area contributed by atoms with Crippen molar-refractivity contribution in [2.24, 2.45) is 5.92 Å². The summed E-state index contributed by atoms with van der Waals surface area (Å²) in [6.07, 6.45) is 2.78. The van der Waals surface area contributed by atoms with Crippen LogP contribution >= 0.6 is 12.6 Å². The van der Waals surface area contributed by atoms with Crippen LogP contribution in [0.25, 0.3) is 0 Å². The van der Waals surface area contributed by atoms with E-state index in [4.69, 9.17) is 10.00 Å². The molecule has 0 saturated carbocycles. The van der Waals surface area contributed by atoms with Crippen molar-refractivity contribution in [1.82, 2.24) is 0 Å². The summed E-state index contributed by atoms with van der Waals surface area (Å²) in [5.41, 5.74) is -0.206. The topological polar surface area (TPSA) is 33.0 Å². The number of hydrogen-bond acceptors (Lipinski definition) is 3. The highest BCUT2D eigenvalue weighted by atomic mass is 32.1. The van der Waals surface area contributed by atoms with E-state index in [0.29, 0.717) is 0 Å². The van der Waals surface area contributed by atoms with Crippen LogP contribution in [-0.2, 0) is 4.74 Å². The van der Waals surface area contributed by atoms with Crippen molar-refractivity contribution in [3.63, 3.8) is 0 Å². The van der Waals surface area contributed by atoms with E-state index in [9.17, 15) is 0 Å². The molecule has 3 heteroatoms. The number of fused-ring (bicyclic) bond motifs is 2. The summed E-state index contributed by atoms with van der Waals surface area (Å²) >= 11 is 4.25. The Morgan fingerprint density at radius 2 is 2.64 bits per heavy atom. The lowest BCUT2D eigenvalue weighted by atomic mass is 9.88. The summed E-state index contributed by atoms with van der Waals surface area (Å²) in [5, 5.41) is 8.73. The van der Waals surface area contributed by atoms with Gasteiger partial charge < -0.3 is 4.74 Å². The average molecular weight is 167 g/mol. The lowest BCUT2D eigenvalue weighted by Crippen LogP contribution is -2.18. The summed E-state index contributed by atoms with van der Waals surface area (Å²) in [4.78, 5) is 0.922. The van der Waals surface area contributed by atoms with Gasteiger partial charge in [0.25, 0.3) is 0 Å². The maximum absolute atomic E-state index is 8.73. The smallest absolute Gasteiger partial charge is 0.105 e. The van der Waals surface area contributed by atoms with E-state index >= 15 is 0 Å². The summed E-state index contributed by atoms with van der Waals surface area (Å²) in [5.74, 6) is 0.0116. The average Bonchev–Trinajstić information content (AvgIpc) is 2.39. The van der Waals surface area contributed by atoms with Gasteiger partial charge in [-0.1, -0.05) is 0 Å². The summed E-state index contributed by atoms with van der Waals surface area (Å²) in [6, 6.07) is 2.24. The highest BCUT2D eigenvalue weighted by Gasteiger charge is 2.48. The molecule has 0 N–H and O–H groups in total. The van der Waals surface area contributed by atoms with Crippen LogP contribution in [0, 0.1) is 17.2 Å². The molecule has 11 heavy (non-hydrogen) atoms. The van der Waals surface area contributed by atoms with E-state index in [2.05, 4.69) is 18.7 Å². The minimum absolute atomic E-state index is 0.0116. The summed E-state index contributed by atoms with van der Waals surface area (Å²) < 4.78 is 5.58. The van der Waals surface area contributed by atoms with Gasteiger partial charge in [-0.15, -0.1) is 12.6 Å². The van der Waals surface area contributed by atoms with Gasteiger partial charge in [0.1, 0.15) is 6.10 Å². The highest BCUT2D eigenvalue weighted by molar-refractivity contribution is 7.84. The van der Waals surface area contributed by atoms with Crippen LogP contribution in [0.1, 0.15) is 13.3 Å². The van der Waals surface area contributed by atoms with E-state index in [1.807, 2.05) is 13.0 Å². The normalized spacial score (nSPS) is 47.2. The molecule has 3 atom stereocenters. The summed E-state index contributed by atoms with van der Waals surface area (Å²) in [7, 11) is 0. The van der Waals surface area contributed by atoms with Gasteiger partial charge >= 0.3 is 0 Å². The van der Waals surface area contributed by atoms with Gasteiger partial charge in [-0.3, -0.25) is 0 Å². The molecule has 2 heterocycles. The Labute approximate surface area is 71.3 Å². The molecule has 1 fully saturated rings. The number of nitriles is 1. The Morgan fingerprint density at radius 1 is 1.91 bits per heavy atom. The largest absolute Gasteiger partial charge is 0.361 e. The van der Waals surface area contributed by atoms with Crippen LogP contribution in [-0.4, -0.2) is 11.7 Å². The second kappa shape index (κ2) is 2.02. The first-order valence-electron chi connectivity index (χ1n) is 3.64. The first-order chi connectivity index (χ1) is 5.14. The van der Waals surface area contributed by atoms with Crippen molar-refractivity contribution in [3.05, 3.63) is 11.0 Å². The standard InChI is InChI=1S/C8H9NOS/c1-8-2-5(4-9)7(10-8)6(11)3-8/h3,5,7,11H,2H2,1H3. The lowest BCUT2D eigenvalue weighted by Gasteiger charge is -2.15. The van der Waals surface area contributed by atoms with Crippen molar-refractivity contribution >= 4 is 12.6 Å². The van der Waals surface area contributed by atoms with Gasteiger partial charge in [-0.2, -0.15) is 5.26 Å². The van der Waals surface area contributed by atoms with Gasteiger partial charge in [-0.25, -0.2) is 0 Å². The molecule has 2 bridgehead atoms. The minimum Gasteiger partial charge on any atom is -0.361 e. The molecule has 0 spiro atoms. The quantitative estimate of drug-likeness (QED) is 0.555. The number of rotatable bonds is 0. The minimum atomic E-state index is -0.206. The van der Waals surface area contributed by atoms with Crippen LogP contribution in [0.3, 0.4) is 0 Å². The Morgan fingerprint density at radius 3 is 3.00 bits per heavy atom. The van der Waals surface area contributed by atoms with E-state index < -0.39 is 0 Å². The molecular weight excluding hydrogens is 158 g/mol. The van der Waals surface area contributed by atoms with Crippen LogP contribution in [0.2, 0.25) is 0 Å². The maximum Gasteiger partial charge on any atom is 0.105 e. The molecule has 0 aromatic rings. The molecule has 2 aliphatic heterocycles. The molecular formula is C8H9NOS. The fourth-order valence-electron chi connectivity index (χ4n) is 1.83. The van der Waals surface area contributed by atoms with Crippen molar-refractivity contribution < 1.29 is 4.74 Å². The molecule has 1 saturated heterocycles. The molecule has 3 unspecified atom stereocenters. The van der Waals surface area contributed by atoms with Crippen molar-refractivity contribution in [2.45, 2.75) is 25.0 Å². The molecule has 58 valence electrons. The SMILES string of the molecule is CC12C=C(S)C(O1)C(C#N)C2. The van der Waals surface area contributed by atoms with Crippen LogP contribution in [0.4, 0.5) is 0 Å². The fourth-order valence-corrected chi connectivity index (χ4v) is 2.34. The highest BCUT2D eigenvalue weighted by Crippen LogP contribution is 2.46. The van der Waals surface area contributed by atoms with Gasteiger partial charge in [-0.05, 0) is 19.4 Å². The van der Waals surface area contributed by atoms with Crippen LogP contribution in [0.5, 0.6) is 0 Å². The van der Waals surface area contributed by atoms with E-state index in [1.165, 1.54) is 0 Å². The number of nitrogens with zero attached hydrogens (tertiary/aromatic N) is 1. The van der Waals surface area contributed by atoms with Crippen molar-refractivity contribution in [1.29, 1.82) is 5.26 Å². The van der Waals surface area contributed by atoms with Gasteiger partial charge in [0.05, 0.1) is 17.6 Å². The zero-order valence-corrected chi connectivity index (χ0v) is 7.14. The van der Waals surface area contributed by atoms with E-state index in [0.717, 1.165) is 11.3 Å². The van der Waals surface area contributed by atoms with Crippen molar-refractivity contribution in [2.75, 3.05) is 0 Å². The Kier molecular flexibility index (Phi) is 1.33. The Bertz CT molecular complexity index is 268. The monoisotopic (exact) mass is 167 g/mol. The molecule has 0 radical (unpaired) electrons. The third-order valence-electron chi connectivity index (χ3n) is 2.30. The molecule has 0 amide bonds. The fraction of sp³-hybridized carbons (Fsp3) is 0.625. The third kappa shape index (κ3) is 0.901. The molecule has 2 nitrogen and oxygen atoms in total. The molecule has 0 aliphatic carbocycles.